The third kappa shape index (κ3) is 2.04. The second-order valence-corrected chi connectivity index (χ2v) is 4.06. The lowest BCUT2D eigenvalue weighted by molar-refractivity contribution is -0.118. The van der Waals surface area contributed by atoms with Crippen LogP contribution >= 0.6 is 0 Å². The lowest BCUT2D eigenvalue weighted by atomic mass is 10.2. The van der Waals surface area contributed by atoms with Gasteiger partial charge in [-0.15, -0.1) is 0 Å². The lowest BCUT2D eigenvalue weighted by Crippen LogP contribution is -2.37. The van der Waals surface area contributed by atoms with Crippen LogP contribution in [0.15, 0.2) is 24.3 Å². The quantitative estimate of drug-likeness (QED) is 0.678. The Morgan fingerprint density at radius 2 is 2.00 bits per heavy atom. The van der Waals surface area contributed by atoms with Crippen LogP contribution in [-0.4, -0.2) is 17.4 Å². The standard InChI is InChI=1S/C11H13N3O2/c12-9(15)7-2-1-3-8(6-7)14-10(16)11(13)4-5-11/h1-3,6H,4-5,13H2,(H2,12,15)(H,14,16). The van der Waals surface area contributed by atoms with Crippen molar-refractivity contribution in [3.05, 3.63) is 29.8 Å². The summed E-state index contributed by atoms with van der Waals surface area (Å²) >= 11 is 0. The number of amides is 2. The zero-order valence-corrected chi connectivity index (χ0v) is 8.69. The van der Waals surface area contributed by atoms with Crippen LogP contribution < -0.4 is 16.8 Å². The van der Waals surface area contributed by atoms with Gasteiger partial charge < -0.3 is 16.8 Å². The van der Waals surface area contributed by atoms with Gasteiger partial charge in [-0.05, 0) is 31.0 Å². The van der Waals surface area contributed by atoms with Crippen molar-refractivity contribution in [3.8, 4) is 0 Å². The molecule has 0 saturated heterocycles. The second kappa shape index (κ2) is 3.61. The topological polar surface area (TPSA) is 98.2 Å². The normalized spacial score (nSPS) is 16.6. The molecule has 1 aliphatic rings. The number of nitrogens with one attached hydrogen (secondary N) is 1. The first-order valence-electron chi connectivity index (χ1n) is 5.01. The molecule has 0 bridgehead atoms. The van der Waals surface area contributed by atoms with Crippen molar-refractivity contribution < 1.29 is 9.59 Å². The third-order valence-corrected chi connectivity index (χ3v) is 2.65. The van der Waals surface area contributed by atoms with Crippen LogP contribution in [0.1, 0.15) is 23.2 Å². The fraction of sp³-hybridized carbons (Fsp3) is 0.273. The molecular formula is C11H13N3O2. The summed E-state index contributed by atoms with van der Waals surface area (Å²) in [6, 6.07) is 6.47. The van der Waals surface area contributed by atoms with Crippen molar-refractivity contribution in [2.45, 2.75) is 18.4 Å². The highest BCUT2D eigenvalue weighted by molar-refractivity contribution is 6.01. The monoisotopic (exact) mass is 219 g/mol. The van der Waals surface area contributed by atoms with E-state index in [1.54, 1.807) is 18.2 Å². The molecule has 0 spiro atoms. The largest absolute Gasteiger partial charge is 0.366 e. The van der Waals surface area contributed by atoms with Gasteiger partial charge in [0.05, 0.1) is 5.54 Å². The van der Waals surface area contributed by atoms with E-state index in [-0.39, 0.29) is 5.91 Å². The number of primary amides is 1. The van der Waals surface area contributed by atoms with E-state index >= 15 is 0 Å². The van der Waals surface area contributed by atoms with Crippen molar-refractivity contribution in [1.82, 2.24) is 0 Å². The molecule has 0 aliphatic heterocycles. The Morgan fingerprint density at radius 1 is 1.31 bits per heavy atom. The molecule has 0 heterocycles. The molecule has 2 amide bonds. The fourth-order valence-corrected chi connectivity index (χ4v) is 1.37. The minimum Gasteiger partial charge on any atom is -0.366 e. The molecule has 0 radical (unpaired) electrons. The molecule has 0 atom stereocenters. The van der Waals surface area contributed by atoms with Crippen molar-refractivity contribution in [2.75, 3.05) is 5.32 Å². The smallest absolute Gasteiger partial charge is 0.248 e. The van der Waals surface area contributed by atoms with E-state index in [4.69, 9.17) is 11.5 Å². The molecule has 2 rings (SSSR count). The van der Waals surface area contributed by atoms with E-state index in [0.29, 0.717) is 24.1 Å². The van der Waals surface area contributed by atoms with E-state index in [0.717, 1.165) is 0 Å². The Bertz CT molecular complexity index is 452. The Hall–Kier alpha value is -1.88. The molecule has 5 N–H and O–H groups in total. The number of nitrogens with two attached hydrogens (primary N) is 2. The SMILES string of the molecule is NC(=O)c1cccc(NC(=O)C2(N)CC2)c1. The van der Waals surface area contributed by atoms with E-state index in [1.165, 1.54) is 6.07 Å². The van der Waals surface area contributed by atoms with Crippen LogP contribution in [0.25, 0.3) is 0 Å². The minimum absolute atomic E-state index is 0.214. The number of anilines is 1. The van der Waals surface area contributed by atoms with Crippen molar-refractivity contribution in [2.24, 2.45) is 11.5 Å². The maximum Gasteiger partial charge on any atom is 0.248 e. The highest BCUT2D eigenvalue weighted by Crippen LogP contribution is 2.33. The number of carbonyl (C=O) groups is 2. The van der Waals surface area contributed by atoms with Gasteiger partial charge in [-0.2, -0.15) is 0 Å². The van der Waals surface area contributed by atoms with Crippen LogP contribution in [0.5, 0.6) is 0 Å². The highest BCUT2D eigenvalue weighted by atomic mass is 16.2. The molecule has 5 heteroatoms. The van der Waals surface area contributed by atoms with Gasteiger partial charge in [-0.25, -0.2) is 0 Å². The second-order valence-electron chi connectivity index (χ2n) is 4.06. The van der Waals surface area contributed by atoms with Crippen LogP contribution in [0, 0.1) is 0 Å². The molecular weight excluding hydrogens is 206 g/mol. The van der Waals surface area contributed by atoms with Gasteiger partial charge >= 0.3 is 0 Å². The predicted octanol–water partition coefficient (Wildman–Crippen LogP) is 0.215. The highest BCUT2D eigenvalue weighted by Gasteiger charge is 2.45. The lowest BCUT2D eigenvalue weighted by Gasteiger charge is -2.10. The fourth-order valence-electron chi connectivity index (χ4n) is 1.37. The van der Waals surface area contributed by atoms with Gasteiger partial charge in [-0.3, -0.25) is 9.59 Å². The van der Waals surface area contributed by atoms with Gasteiger partial charge in [0.1, 0.15) is 0 Å². The Balaban J connectivity index is 2.12. The number of benzene rings is 1. The van der Waals surface area contributed by atoms with E-state index in [2.05, 4.69) is 5.32 Å². The van der Waals surface area contributed by atoms with Crippen LogP contribution in [-0.2, 0) is 4.79 Å². The Morgan fingerprint density at radius 3 is 2.56 bits per heavy atom. The first-order chi connectivity index (χ1) is 7.51. The maximum atomic E-state index is 11.6. The van der Waals surface area contributed by atoms with Crippen molar-refractivity contribution in [1.29, 1.82) is 0 Å². The molecule has 16 heavy (non-hydrogen) atoms. The summed E-state index contributed by atoms with van der Waals surface area (Å²) in [5, 5.41) is 2.67. The van der Waals surface area contributed by atoms with E-state index in [1.807, 2.05) is 0 Å². The molecule has 5 nitrogen and oxygen atoms in total. The summed E-state index contributed by atoms with van der Waals surface area (Å²) in [6.45, 7) is 0. The first-order valence-corrected chi connectivity index (χ1v) is 5.01. The molecule has 1 aliphatic carbocycles. The summed E-state index contributed by atoms with van der Waals surface area (Å²) < 4.78 is 0. The molecule has 1 aromatic carbocycles. The van der Waals surface area contributed by atoms with Crippen LogP contribution in [0.4, 0.5) is 5.69 Å². The number of rotatable bonds is 3. The predicted molar refractivity (Wildman–Crippen MR) is 59.7 cm³/mol. The van der Waals surface area contributed by atoms with Gasteiger partial charge in [-0.1, -0.05) is 6.07 Å². The molecule has 1 aromatic rings. The van der Waals surface area contributed by atoms with Gasteiger partial charge in [0, 0.05) is 11.3 Å². The summed E-state index contributed by atoms with van der Waals surface area (Å²) in [6.07, 6.45) is 1.41. The van der Waals surface area contributed by atoms with E-state index < -0.39 is 11.4 Å². The third-order valence-electron chi connectivity index (χ3n) is 2.65. The zero-order valence-electron chi connectivity index (χ0n) is 8.69. The molecule has 1 fully saturated rings. The summed E-state index contributed by atoms with van der Waals surface area (Å²) in [7, 11) is 0. The molecule has 0 aromatic heterocycles. The zero-order chi connectivity index (χ0) is 11.8. The van der Waals surface area contributed by atoms with E-state index in [9.17, 15) is 9.59 Å². The Kier molecular flexibility index (Phi) is 2.40. The molecule has 84 valence electrons. The summed E-state index contributed by atoms with van der Waals surface area (Å²) in [4.78, 5) is 22.6. The molecule has 0 unspecified atom stereocenters. The summed E-state index contributed by atoms with van der Waals surface area (Å²) in [5.74, 6) is -0.737. The van der Waals surface area contributed by atoms with Crippen molar-refractivity contribution >= 4 is 17.5 Å². The molecule has 1 saturated carbocycles. The minimum atomic E-state index is -0.720. The Labute approximate surface area is 92.8 Å². The average molecular weight is 219 g/mol. The van der Waals surface area contributed by atoms with Crippen LogP contribution in [0.3, 0.4) is 0 Å². The first kappa shape index (κ1) is 10.6. The maximum absolute atomic E-state index is 11.6. The number of hydrogen-bond donors (Lipinski definition) is 3. The van der Waals surface area contributed by atoms with Gasteiger partial charge in [0.15, 0.2) is 0 Å². The van der Waals surface area contributed by atoms with Gasteiger partial charge in [0.25, 0.3) is 0 Å². The number of carbonyl (C=O) groups excluding carboxylic acids is 2. The summed E-state index contributed by atoms with van der Waals surface area (Å²) in [5.41, 5.74) is 11.0. The van der Waals surface area contributed by atoms with Gasteiger partial charge in [0.2, 0.25) is 11.8 Å². The van der Waals surface area contributed by atoms with Crippen molar-refractivity contribution in [3.63, 3.8) is 0 Å². The number of hydrogen-bond acceptors (Lipinski definition) is 3. The average Bonchev–Trinajstić information content (AvgIpc) is 2.98. The van der Waals surface area contributed by atoms with Crippen LogP contribution in [0.2, 0.25) is 0 Å².